The van der Waals surface area contributed by atoms with Crippen molar-refractivity contribution in [2.45, 2.75) is 82.6 Å². The van der Waals surface area contributed by atoms with Crippen molar-refractivity contribution in [3.8, 4) is 0 Å². The molecule has 3 aromatic rings. The number of hydrogen-bond donors (Lipinski definition) is 3. The SMILES string of the molecule is CC(=O)C(NCC(c1ccccc1F)N1CCN(C(=O)C(Cc2ccc(Cl)cc2)NC(=O)CC2NCc3ccccc32)CC1)C1CCCCC1. The number of rotatable bonds is 13. The van der Waals surface area contributed by atoms with E-state index < -0.39 is 6.04 Å². The molecule has 2 amide bonds. The highest BCUT2D eigenvalue weighted by molar-refractivity contribution is 6.30. The lowest BCUT2D eigenvalue weighted by Gasteiger charge is -2.41. The van der Waals surface area contributed by atoms with E-state index >= 15 is 4.39 Å². The number of amides is 2. The summed E-state index contributed by atoms with van der Waals surface area (Å²) in [6, 6.07) is 20.9. The molecule has 2 fully saturated rings. The molecule has 4 atom stereocenters. The molecule has 0 aromatic heterocycles. The Labute approximate surface area is 300 Å². The molecule has 50 heavy (non-hydrogen) atoms. The van der Waals surface area contributed by atoms with Crippen molar-refractivity contribution >= 4 is 29.2 Å². The van der Waals surface area contributed by atoms with Gasteiger partial charge < -0.3 is 20.9 Å². The Hall–Kier alpha value is -3.63. The van der Waals surface area contributed by atoms with Crippen molar-refractivity contribution in [2.24, 2.45) is 5.92 Å². The van der Waals surface area contributed by atoms with Gasteiger partial charge in [0, 0.05) is 68.7 Å². The Morgan fingerprint density at radius 3 is 2.34 bits per heavy atom. The van der Waals surface area contributed by atoms with E-state index in [1.807, 2.05) is 47.4 Å². The van der Waals surface area contributed by atoms with Gasteiger partial charge in [0.2, 0.25) is 11.8 Å². The van der Waals surface area contributed by atoms with Crippen LogP contribution in [0.2, 0.25) is 5.02 Å². The number of nitrogens with zero attached hydrogens (tertiary/aromatic N) is 2. The molecule has 3 N–H and O–H groups in total. The van der Waals surface area contributed by atoms with Crippen LogP contribution in [0.3, 0.4) is 0 Å². The number of benzene rings is 3. The van der Waals surface area contributed by atoms with Gasteiger partial charge >= 0.3 is 0 Å². The van der Waals surface area contributed by atoms with Crippen molar-refractivity contribution in [1.82, 2.24) is 25.8 Å². The molecule has 3 aromatic carbocycles. The number of nitrogens with one attached hydrogen (secondary N) is 3. The first-order valence-corrected chi connectivity index (χ1v) is 18.5. The van der Waals surface area contributed by atoms with Gasteiger partial charge in [0.25, 0.3) is 0 Å². The highest BCUT2D eigenvalue weighted by atomic mass is 35.5. The summed E-state index contributed by atoms with van der Waals surface area (Å²) in [7, 11) is 0. The minimum absolute atomic E-state index is 0.106. The quantitative estimate of drug-likeness (QED) is 0.210. The summed E-state index contributed by atoms with van der Waals surface area (Å²) in [6.45, 7) is 4.74. The minimum atomic E-state index is -0.747. The Morgan fingerprint density at radius 1 is 0.920 bits per heavy atom. The summed E-state index contributed by atoms with van der Waals surface area (Å²) in [5, 5.41) is 10.6. The normalized spacial score (nSPS) is 20.1. The third kappa shape index (κ3) is 8.99. The maximum Gasteiger partial charge on any atom is 0.245 e. The summed E-state index contributed by atoms with van der Waals surface area (Å²) in [5.41, 5.74) is 3.79. The van der Waals surface area contributed by atoms with Crippen molar-refractivity contribution < 1.29 is 18.8 Å². The minimum Gasteiger partial charge on any atom is -0.344 e. The third-order valence-corrected chi connectivity index (χ3v) is 11.0. The van der Waals surface area contributed by atoms with E-state index in [0.717, 1.165) is 36.8 Å². The number of fused-ring (bicyclic) bond motifs is 1. The summed E-state index contributed by atoms with van der Waals surface area (Å²) < 4.78 is 15.3. The molecule has 0 bridgehead atoms. The van der Waals surface area contributed by atoms with Crippen LogP contribution in [0.1, 0.15) is 79.8 Å². The maximum absolute atomic E-state index is 15.3. The van der Waals surface area contributed by atoms with Gasteiger partial charge in [-0.25, -0.2) is 4.39 Å². The first-order chi connectivity index (χ1) is 24.3. The van der Waals surface area contributed by atoms with Crippen LogP contribution in [0.5, 0.6) is 0 Å². The van der Waals surface area contributed by atoms with E-state index in [9.17, 15) is 14.4 Å². The highest BCUT2D eigenvalue weighted by Crippen LogP contribution is 2.30. The average molecular weight is 702 g/mol. The lowest BCUT2D eigenvalue weighted by Crippen LogP contribution is -2.57. The molecule has 4 unspecified atom stereocenters. The largest absolute Gasteiger partial charge is 0.344 e. The number of carbonyl (C=O) groups is 3. The van der Waals surface area contributed by atoms with Crippen LogP contribution >= 0.6 is 11.6 Å². The zero-order valence-corrected chi connectivity index (χ0v) is 29.6. The lowest BCUT2D eigenvalue weighted by molar-refractivity contribution is -0.138. The molecular weight excluding hydrogens is 653 g/mol. The topological polar surface area (TPSA) is 93.8 Å². The second-order valence-electron chi connectivity index (χ2n) is 14.1. The summed E-state index contributed by atoms with van der Waals surface area (Å²) in [4.78, 5) is 44.4. The molecule has 2 aliphatic heterocycles. The second kappa shape index (κ2) is 17.1. The standard InChI is InChI=1S/C40H49ClFN5O3/c1-27(48)39(29-9-3-2-4-10-29)44-26-37(33-13-7-8-14-34(33)42)46-19-21-47(22-20-46)40(50)36(23-28-15-17-31(41)18-16-28)45-38(49)24-35-32-12-6-5-11-30(32)25-43-35/h5-8,11-18,29,35-37,39,43-44H,2-4,9-10,19-26H2,1H3,(H,45,49). The molecule has 0 spiro atoms. The maximum atomic E-state index is 15.3. The van der Waals surface area contributed by atoms with Gasteiger partial charge in [-0.05, 0) is 60.6 Å². The van der Waals surface area contributed by atoms with E-state index in [0.29, 0.717) is 62.2 Å². The van der Waals surface area contributed by atoms with E-state index in [4.69, 9.17) is 11.6 Å². The van der Waals surface area contributed by atoms with Crippen LogP contribution in [0, 0.1) is 11.7 Å². The van der Waals surface area contributed by atoms with Gasteiger partial charge in [-0.1, -0.05) is 85.5 Å². The molecule has 10 heteroatoms. The first kappa shape index (κ1) is 36.2. The zero-order chi connectivity index (χ0) is 35.0. The fraction of sp³-hybridized carbons (Fsp3) is 0.475. The van der Waals surface area contributed by atoms with E-state index in [1.165, 1.54) is 18.1 Å². The number of hydrogen-bond acceptors (Lipinski definition) is 6. The molecule has 1 saturated heterocycles. The van der Waals surface area contributed by atoms with Crippen molar-refractivity contribution in [3.63, 3.8) is 0 Å². The third-order valence-electron chi connectivity index (χ3n) is 10.8. The molecule has 8 nitrogen and oxygen atoms in total. The van der Waals surface area contributed by atoms with Crippen LogP contribution in [-0.4, -0.2) is 72.2 Å². The van der Waals surface area contributed by atoms with E-state index in [2.05, 4.69) is 26.9 Å². The van der Waals surface area contributed by atoms with Gasteiger partial charge in [-0.3, -0.25) is 19.3 Å². The molecule has 1 aliphatic carbocycles. The average Bonchev–Trinajstić information content (AvgIpc) is 3.53. The molecule has 1 saturated carbocycles. The van der Waals surface area contributed by atoms with Crippen molar-refractivity contribution in [2.75, 3.05) is 32.7 Å². The van der Waals surface area contributed by atoms with E-state index in [1.54, 1.807) is 25.1 Å². The molecule has 3 aliphatic rings. The highest BCUT2D eigenvalue weighted by Gasteiger charge is 2.34. The predicted octanol–water partition coefficient (Wildman–Crippen LogP) is 5.75. The Balaban J connectivity index is 1.13. The number of ketones is 1. The monoisotopic (exact) mass is 701 g/mol. The summed E-state index contributed by atoms with van der Waals surface area (Å²) in [6.07, 6.45) is 6.10. The number of piperazine rings is 1. The second-order valence-corrected chi connectivity index (χ2v) is 14.5. The van der Waals surface area contributed by atoms with Gasteiger partial charge in [0.05, 0.1) is 12.1 Å². The zero-order valence-electron chi connectivity index (χ0n) is 28.9. The summed E-state index contributed by atoms with van der Waals surface area (Å²) >= 11 is 6.14. The number of halogens is 2. The number of carbonyl (C=O) groups excluding carboxylic acids is 3. The van der Waals surface area contributed by atoms with Crippen LogP contribution < -0.4 is 16.0 Å². The fourth-order valence-electron chi connectivity index (χ4n) is 8.06. The Bertz CT molecular complexity index is 1620. The van der Waals surface area contributed by atoms with Gasteiger partial charge in [0.1, 0.15) is 17.6 Å². The van der Waals surface area contributed by atoms with Crippen molar-refractivity contribution in [1.29, 1.82) is 0 Å². The Morgan fingerprint density at radius 2 is 1.62 bits per heavy atom. The fourth-order valence-corrected chi connectivity index (χ4v) is 8.19. The summed E-state index contributed by atoms with van der Waals surface area (Å²) in [5.74, 6) is -0.179. The smallest absolute Gasteiger partial charge is 0.245 e. The van der Waals surface area contributed by atoms with Gasteiger partial charge in [-0.15, -0.1) is 0 Å². The number of Topliss-reactive ketones (excluding diaryl/α,β-unsaturated/α-hetero) is 1. The molecule has 2 heterocycles. The first-order valence-electron chi connectivity index (χ1n) is 18.1. The predicted molar refractivity (Wildman–Crippen MR) is 194 cm³/mol. The molecule has 266 valence electrons. The van der Waals surface area contributed by atoms with Gasteiger partial charge in [0.15, 0.2) is 0 Å². The lowest BCUT2D eigenvalue weighted by atomic mass is 9.82. The van der Waals surface area contributed by atoms with Crippen molar-refractivity contribution in [3.05, 3.63) is 106 Å². The van der Waals surface area contributed by atoms with Crippen LogP contribution in [0.25, 0.3) is 0 Å². The van der Waals surface area contributed by atoms with Crippen LogP contribution in [-0.2, 0) is 27.3 Å². The molecule has 6 rings (SSSR count). The van der Waals surface area contributed by atoms with Crippen LogP contribution in [0.15, 0.2) is 72.8 Å². The van der Waals surface area contributed by atoms with Gasteiger partial charge in [-0.2, -0.15) is 0 Å². The molecular formula is C40H49ClFN5O3. The van der Waals surface area contributed by atoms with Crippen LogP contribution in [0.4, 0.5) is 4.39 Å². The Kier molecular flexibility index (Phi) is 12.3. The molecule has 0 radical (unpaired) electrons. The van der Waals surface area contributed by atoms with E-state index in [-0.39, 0.29) is 48.0 Å².